The van der Waals surface area contributed by atoms with Crippen LogP contribution < -0.4 is 11.1 Å². The number of aryl methyl sites for hydroxylation is 2. The van der Waals surface area contributed by atoms with Crippen molar-refractivity contribution in [2.75, 3.05) is 0 Å². The van der Waals surface area contributed by atoms with Crippen LogP contribution in [0.1, 0.15) is 35.9 Å². The molecule has 0 saturated carbocycles. The van der Waals surface area contributed by atoms with E-state index in [0.29, 0.717) is 28.1 Å². The van der Waals surface area contributed by atoms with E-state index in [9.17, 15) is 9.59 Å². The summed E-state index contributed by atoms with van der Waals surface area (Å²) in [6.07, 6.45) is 6.11. The van der Waals surface area contributed by atoms with Gasteiger partial charge in [0.15, 0.2) is 10.1 Å². The molecule has 9 heteroatoms. The van der Waals surface area contributed by atoms with Crippen molar-refractivity contribution in [3.63, 3.8) is 0 Å². The van der Waals surface area contributed by atoms with Crippen LogP contribution in [0.3, 0.4) is 0 Å². The molecule has 0 amide bonds. The molecule has 0 bridgehead atoms. The Labute approximate surface area is 172 Å². The summed E-state index contributed by atoms with van der Waals surface area (Å²) in [5, 5.41) is 3.37. The maximum Gasteiger partial charge on any atom is 0.263 e. The molecule has 5 rings (SSSR count). The lowest BCUT2D eigenvalue weighted by molar-refractivity contribution is 0.633. The Kier molecular flexibility index (Phi) is 4.60. The second-order valence-corrected chi connectivity index (χ2v) is 9.66. The lowest BCUT2D eigenvalue weighted by Crippen LogP contribution is -2.23. The van der Waals surface area contributed by atoms with E-state index in [2.05, 4.69) is 4.98 Å². The van der Waals surface area contributed by atoms with Gasteiger partial charge in [0, 0.05) is 34.8 Å². The highest BCUT2D eigenvalue weighted by Crippen LogP contribution is 2.35. The standard InChI is InChI=1S/C19H18N4O2S3/c1-2-22-17(25)15-12-5-3-4-6-13(12)28-16(15)21-19(22)27-10-11-9-14(24)23-7-8-26-18(23)20-11/h7-9H,2-6,10H2,1H3. The van der Waals surface area contributed by atoms with E-state index in [-0.39, 0.29) is 11.1 Å². The first-order chi connectivity index (χ1) is 13.7. The minimum Gasteiger partial charge on any atom is -0.287 e. The van der Waals surface area contributed by atoms with E-state index in [4.69, 9.17) is 4.98 Å². The minimum absolute atomic E-state index is 0.0659. The summed E-state index contributed by atoms with van der Waals surface area (Å²) < 4.78 is 3.30. The number of fused-ring (bicyclic) bond motifs is 4. The molecule has 4 aromatic rings. The van der Waals surface area contributed by atoms with Gasteiger partial charge in [-0.2, -0.15) is 0 Å². The quantitative estimate of drug-likeness (QED) is 0.365. The fourth-order valence-electron chi connectivity index (χ4n) is 3.71. The number of nitrogens with zero attached hydrogens (tertiary/aromatic N) is 4. The van der Waals surface area contributed by atoms with E-state index < -0.39 is 0 Å². The molecule has 0 spiro atoms. The predicted molar refractivity (Wildman–Crippen MR) is 115 cm³/mol. The van der Waals surface area contributed by atoms with Crippen molar-refractivity contribution in [1.29, 1.82) is 0 Å². The SMILES string of the molecule is CCn1c(SCc2cc(=O)n3ccsc3n2)nc2sc3c(c2c1=O)CCCC3. The highest BCUT2D eigenvalue weighted by Gasteiger charge is 2.22. The number of hydrogen-bond donors (Lipinski definition) is 0. The molecule has 0 aliphatic heterocycles. The molecule has 0 N–H and O–H groups in total. The molecular formula is C19H18N4O2S3. The molecule has 1 aliphatic carbocycles. The van der Waals surface area contributed by atoms with Gasteiger partial charge in [0.2, 0.25) is 0 Å². The van der Waals surface area contributed by atoms with Crippen LogP contribution in [0.25, 0.3) is 15.2 Å². The average Bonchev–Trinajstić information content (AvgIpc) is 3.30. The first kappa shape index (κ1) is 18.1. The summed E-state index contributed by atoms with van der Waals surface area (Å²) in [4.78, 5) is 37.6. The van der Waals surface area contributed by atoms with Gasteiger partial charge in [0.25, 0.3) is 11.1 Å². The van der Waals surface area contributed by atoms with Crippen molar-refractivity contribution in [2.24, 2.45) is 0 Å². The number of thiazole rings is 1. The maximum atomic E-state index is 13.2. The normalized spacial score (nSPS) is 14.0. The van der Waals surface area contributed by atoms with E-state index in [0.717, 1.165) is 29.5 Å². The summed E-state index contributed by atoms with van der Waals surface area (Å²) in [5.41, 5.74) is 1.92. The van der Waals surface area contributed by atoms with Crippen LogP contribution >= 0.6 is 34.4 Å². The Morgan fingerprint density at radius 3 is 2.93 bits per heavy atom. The Hall–Kier alpha value is -1.97. The van der Waals surface area contributed by atoms with E-state index >= 15 is 0 Å². The summed E-state index contributed by atoms with van der Waals surface area (Å²) in [7, 11) is 0. The molecule has 4 heterocycles. The monoisotopic (exact) mass is 430 g/mol. The number of thioether (sulfide) groups is 1. The third-order valence-electron chi connectivity index (χ3n) is 5.06. The fraction of sp³-hybridized carbons (Fsp3) is 0.368. The van der Waals surface area contributed by atoms with Crippen LogP contribution in [0.2, 0.25) is 0 Å². The lowest BCUT2D eigenvalue weighted by Gasteiger charge is -2.12. The molecule has 6 nitrogen and oxygen atoms in total. The minimum atomic E-state index is -0.0796. The highest BCUT2D eigenvalue weighted by molar-refractivity contribution is 7.98. The zero-order chi connectivity index (χ0) is 19.3. The Morgan fingerprint density at radius 2 is 2.07 bits per heavy atom. The molecule has 4 aromatic heterocycles. The van der Waals surface area contributed by atoms with Gasteiger partial charge < -0.3 is 0 Å². The van der Waals surface area contributed by atoms with Crippen molar-refractivity contribution < 1.29 is 0 Å². The molecule has 0 radical (unpaired) electrons. The van der Waals surface area contributed by atoms with Gasteiger partial charge >= 0.3 is 0 Å². The summed E-state index contributed by atoms with van der Waals surface area (Å²) in [6, 6.07) is 1.56. The third-order valence-corrected chi connectivity index (χ3v) is 8.01. The van der Waals surface area contributed by atoms with Crippen molar-refractivity contribution >= 4 is 49.6 Å². The van der Waals surface area contributed by atoms with Gasteiger partial charge in [-0.3, -0.25) is 18.6 Å². The second-order valence-electron chi connectivity index (χ2n) is 6.76. The highest BCUT2D eigenvalue weighted by atomic mass is 32.2. The van der Waals surface area contributed by atoms with Crippen LogP contribution in [-0.4, -0.2) is 18.9 Å². The predicted octanol–water partition coefficient (Wildman–Crippen LogP) is 3.72. The molecule has 1 aliphatic rings. The number of aromatic nitrogens is 4. The average molecular weight is 431 g/mol. The lowest BCUT2D eigenvalue weighted by atomic mass is 9.97. The molecule has 144 valence electrons. The van der Waals surface area contributed by atoms with Crippen molar-refractivity contribution in [1.82, 2.24) is 18.9 Å². The fourth-order valence-corrected chi connectivity index (χ4v) is 6.71. The van der Waals surface area contributed by atoms with Crippen LogP contribution in [0, 0.1) is 0 Å². The summed E-state index contributed by atoms with van der Waals surface area (Å²) >= 11 is 4.58. The third kappa shape index (κ3) is 2.92. The maximum absolute atomic E-state index is 13.2. The van der Waals surface area contributed by atoms with Crippen LogP contribution in [-0.2, 0) is 25.1 Å². The van der Waals surface area contributed by atoms with Gasteiger partial charge in [0.1, 0.15) is 4.83 Å². The zero-order valence-corrected chi connectivity index (χ0v) is 17.8. The smallest absolute Gasteiger partial charge is 0.263 e. The van der Waals surface area contributed by atoms with E-state index in [1.165, 1.54) is 40.0 Å². The van der Waals surface area contributed by atoms with E-state index in [1.807, 2.05) is 12.3 Å². The Morgan fingerprint density at radius 1 is 1.21 bits per heavy atom. The molecule has 0 unspecified atom stereocenters. The molecule has 0 saturated heterocycles. The number of hydrogen-bond acceptors (Lipinski definition) is 7. The molecule has 0 atom stereocenters. The van der Waals surface area contributed by atoms with Gasteiger partial charge in [-0.25, -0.2) is 9.97 Å². The van der Waals surface area contributed by atoms with Gasteiger partial charge in [-0.15, -0.1) is 22.7 Å². The molecular weight excluding hydrogens is 412 g/mol. The molecule has 28 heavy (non-hydrogen) atoms. The topological polar surface area (TPSA) is 69.3 Å². The van der Waals surface area contributed by atoms with Crippen LogP contribution in [0.15, 0.2) is 32.4 Å². The van der Waals surface area contributed by atoms with Crippen LogP contribution in [0.4, 0.5) is 0 Å². The van der Waals surface area contributed by atoms with Crippen molar-refractivity contribution in [3.05, 3.63) is 54.5 Å². The summed E-state index contributed by atoms with van der Waals surface area (Å²) in [5.74, 6) is 0.507. The summed E-state index contributed by atoms with van der Waals surface area (Å²) in [6.45, 7) is 2.55. The Bertz CT molecular complexity index is 1310. The molecule has 0 fully saturated rings. The Balaban J connectivity index is 1.54. The van der Waals surface area contributed by atoms with Crippen molar-refractivity contribution in [3.8, 4) is 0 Å². The van der Waals surface area contributed by atoms with Gasteiger partial charge in [-0.05, 0) is 38.2 Å². The zero-order valence-electron chi connectivity index (χ0n) is 15.3. The van der Waals surface area contributed by atoms with Gasteiger partial charge in [-0.1, -0.05) is 11.8 Å². The molecule has 0 aromatic carbocycles. The first-order valence-corrected chi connectivity index (χ1v) is 12.0. The first-order valence-electron chi connectivity index (χ1n) is 9.29. The van der Waals surface area contributed by atoms with E-state index in [1.54, 1.807) is 32.6 Å². The number of thiophene rings is 1. The van der Waals surface area contributed by atoms with Crippen LogP contribution in [0.5, 0.6) is 0 Å². The van der Waals surface area contributed by atoms with Crippen molar-refractivity contribution in [2.45, 2.75) is 50.1 Å². The largest absolute Gasteiger partial charge is 0.287 e. The van der Waals surface area contributed by atoms with Gasteiger partial charge in [0.05, 0.1) is 11.1 Å². The number of rotatable bonds is 4. The second kappa shape index (κ2) is 7.13.